The van der Waals surface area contributed by atoms with Crippen molar-refractivity contribution in [1.82, 2.24) is 0 Å². The first-order chi connectivity index (χ1) is 6.33. The van der Waals surface area contributed by atoms with Crippen LogP contribution in [0, 0.1) is 11.3 Å². The number of aromatic hydroxyl groups is 1. The smallest absolute Gasteiger partial charge is 0.141 e. The Morgan fingerprint density at radius 1 is 1.08 bits per heavy atom. The third kappa shape index (κ3) is 1.11. The van der Waals surface area contributed by atoms with Crippen LogP contribution in [0.2, 0.25) is 0 Å². The Kier molecular flexibility index (Phi) is 1.64. The van der Waals surface area contributed by atoms with Gasteiger partial charge in [0.1, 0.15) is 11.8 Å². The monoisotopic (exact) mass is 169 g/mol. The van der Waals surface area contributed by atoms with Gasteiger partial charge in [-0.3, -0.25) is 0 Å². The van der Waals surface area contributed by atoms with E-state index in [-0.39, 0.29) is 5.75 Å². The summed E-state index contributed by atoms with van der Waals surface area (Å²) in [6, 6.07) is 12.8. The molecule has 2 aromatic rings. The molecule has 2 rings (SSSR count). The van der Waals surface area contributed by atoms with E-state index in [2.05, 4.69) is 0 Å². The van der Waals surface area contributed by atoms with Crippen LogP contribution in [0.1, 0.15) is 5.56 Å². The van der Waals surface area contributed by atoms with Gasteiger partial charge in [0.2, 0.25) is 0 Å². The second kappa shape index (κ2) is 2.80. The summed E-state index contributed by atoms with van der Waals surface area (Å²) in [4.78, 5) is 0. The standard InChI is InChI=1S/C11H7NO/c12-7-9-6-5-8-3-1-2-4-10(8)11(9)13/h1-6,13H. The first-order valence-corrected chi connectivity index (χ1v) is 3.94. The van der Waals surface area contributed by atoms with Crippen LogP contribution in [0.5, 0.6) is 5.75 Å². The number of rotatable bonds is 0. The fraction of sp³-hybridized carbons (Fsp3) is 0. The molecule has 13 heavy (non-hydrogen) atoms. The lowest BCUT2D eigenvalue weighted by molar-refractivity contribution is 0.480. The van der Waals surface area contributed by atoms with Crippen LogP contribution in [0.4, 0.5) is 0 Å². The summed E-state index contributed by atoms with van der Waals surface area (Å²) < 4.78 is 0. The van der Waals surface area contributed by atoms with Gasteiger partial charge >= 0.3 is 0 Å². The predicted molar refractivity (Wildman–Crippen MR) is 50.3 cm³/mol. The summed E-state index contributed by atoms with van der Waals surface area (Å²) in [5.41, 5.74) is 0.318. The summed E-state index contributed by atoms with van der Waals surface area (Å²) in [6.07, 6.45) is 0. The van der Waals surface area contributed by atoms with Crippen molar-refractivity contribution >= 4 is 10.8 Å². The van der Waals surface area contributed by atoms with Crippen LogP contribution in [0.25, 0.3) is 10.8 Å². The topological polar surface area (TPSA) is 44.0 Å². The molecule has 2 heteroatoms. The summed E-state index contributed by atoms with van der Waals surface area (Å²) in [5, 5.41) is 20.0. The van der Waals surface area contributed by atoms with E-state index in [9.17, 15) is 5.11 Å². The lowest BCUT2D eigenvalue weighted by Gasteiger charge is -2.01. The molecule has 2 aromatic carbocycles. The lowest BCUT2D eigenvalue weighted by Crippen LogP contribution is -1.78. The van der Waals surface area contributed by atoms with Crippen molar-refractivity contribution in [3.8, 4) is 11.8 Å². The van der Waals surface area contributed by atoms with E-state index in [1.165, 1.54) is 0 Å². The Labute approximate surface area is 75.7 Å². The zero-order valence-corrected chi connectivity index (χ0v) is 6.86. The van der Waals surface area contributed by atoms with Gasteiger partial charge in [-0.15, -0.1) is 0 Å². The van der Waals surface area contributed by atoms with Crippen molar-refractivity contribution in [1.29, 1.82) is 5.26 Å². The van der Waals surface area contributed by atoms with E-state index in [1.807, 2.05) is 30.3 Å². The molecule has 0 aromatic heterocycles. The van der Waals surface area contributed by atoms with Crippen LogP contribution in [-0.4, -0.2) is 5.11 Å². The van der Waals surface area contributed by atoms with Gasteiger partial charge in [-0.25, -0.2) is 0 Å². The molecule has 0 aliphatic carbocycles. The molecular formula is C11H7NO. The molecule has 0 heterocycles. The number of phenols is 1. The van der Waals surface area contributed by atoms with Gasteiger partial charge in [-0.1, -0.05) is 30.3 Å². The molecule has 0 fully saturated rings. The quantitative estimate of drug-likeness (QED) is 0.658. The van der Waals surface area contributed by atoms with Crippen LogP contribution in [-0.2, 0) is 0 Å². The third-order valence-corrected chi connectivity index (χ3v) is 2.02. The molecule has 0 spiro atoms. The summed E-state index contributed by atoms with van der Waals surface area (Å²) >= 11 is 0. The second-order valence-electron chi connectivity index (χ2n) is 2.79. The molecule has 0 aliphatic heterocycles. The molecule has 0 aliphatic rings. The fourth-order valence-electron chi connectivity index (χ4n) is 1.35. The summed E-state index contributed by atoms with van der Waals surface area (Å²) in [5.74, 6) is 0.0700. The van der Waals surface area contributed by atoms with Gasteiger partial charge in [-0.2, -0.15) is 5.26 Å². The third-order valence-electron chi connectivity index (χ3n) is 2.02. The highest BCUT2D eigenvalue weighted by Gasteiger charge is 2.03. The van der Waals surface area contributed by atoms with E-state index >= 15 is 0 Å². The highest BCUT2D eigenvalue weighted by Crippen LogP contribution is 2.27. The first-order valence-electron chi connectivity index (χ1n) is 3.94. The van der Waals surface area contributed by atoms with E-state index in [1.54, 1.807) is 12.1 Å². The van der Waals surface area contributed by atoms with Gasteiger partial charge in [0.25, 0.3) is 0 Å². The Balaban J connectivity index is 2.89. The zero-order chi connectivity index (χ0) is 9.26. The van der Waals surface area contributed by atoms with Crippen molar-refractivity contribution in [2.24, 2.45) is 0 Å². The number of phenolic OH excluding ortho intramolecular Hbond substituents is 1. The number of hydrogen-bond acceptors (Lipinski definition) is 2. The predicted octanol–water partition coefficient (Wildman–Crippen LogP) is 2.42. The minimum Gasteiger partial charge on any atom is -0.506 e. The average Bonchev–Trinajstić information content (AvgIpc) is 2.19. The van der Waals surface area contributed by atoms with Crippen molar-refractivity contribution in [3.63, 3.8) is 0 Å². The minimum atomic E-state index is 0.0700. The summed E-state index contributed by atoms with van der Waals surface area (Å²) in [7, 11) is 0. The molecule has 0 radical (unpaired) electrons. The molecule has 0 saturated carbocycles. The molecule has 0 atom stereocenters. The van der Waals surface area contributed by atoms with Gasteiger partial charge in [0.05, 0.1) is 5.56 Å². The maximum absolute atomic E-state index is 9.63. The molecule has 1 N–H and O–H groups in total. The summed E-state index contributed by atoms with van der Waals surface area (Å²) in [6.45, 7) is 0. The van der Waals surface area contributed by atoms with Crippen LogP contribution >= 0.6 is 0 Å². The molecule has 0 bridgehead atoms. The van der Waals surface area contributed by atoms with Crippen molar-refractivity contribution in [2.75, 3.05) is 0 Å². The van der Waals surface area contributed by atoms with Gasteiger partial charge < -0.3 is 5.11 Å². The number of fused-ring (bicyclic) bond motifs is 1. The Morgan fingerprint density at radius 3 is 2.62 bits per heavy atom. The van der Waals surface area contributed by atoms with Gasteiger partial charge in [0.15, 0.2) is 0 Å². The SMILES string of the molecule is N#Cc1ccc2ccccc2c1O. The zero-order valence-electron chi connectivity index (χ0n) is 6.86. The average molecular weight is 169 g/mol. The van der Waals surface area contributed by atoms with Crippen LogP contribution < -0.4 is 0 Å². The van der Waals surface area contributed by atoms with E-state index in [0.29, 0.717) is 5.56 Å². The van der Waals surface area contributed by atoms with Crippen LogP contribution in [0.3, 0.4) is 0 Å². The molecule has 0 saturated heterocycles. The Bertz CT molecular complexity index is 497. The van der Waals surface area contributed by atoms with Gasteiger partial charge in [-0.05, 0) is 11.5 Å². The van der Waals surface area contributed by atoms with Crippen molar-refractivity contribution in [3.05, 3.63) is 42.0 Å². The van der Waals surface area contributed by atoms with E-state index in [0.717, 1.165) is 10.8 Å². The maximum atomic E-state index is 9.63. The second-order valence-corrected chi connectivity index (χ2v) is 2.79. The molecule has 2 nitrogen and oxygen atoms in total. The first kappa shape index (κ1) is 7.63. The number of hydrogen-bond donors (Lipinski definition) is 1. The largest absolute Gasteiger partial charge is 0.506 e. The van der Waals surface area contributed by atoms with Crippen molar-refractivity contribution < 1.29 is 5.11 Å². The highest BCUT2D eigenvalue weighted by atomic mass is 16.3. The maximum Gasteiger partial charge on any atom is 0.141 e. The highest BCUT2D eigenvalue weighted by molar-refractivity contribution is 5.90. The Hall–Kier alpha value is -2.01. The molecule has 62 valence electrons. The molecule has 0 amide bonds. The van der Waals surface area contributed by atoms with Crippen molar-refractivity contribution in [2.45, 2.75) is 0 Å². The molecule has 0 unspecified atom stereocenters. The van der Waals surface area contributed by atoms with Gasteiger partial charge in [0, 0.05) is 5.39 Å². The van der Waals surface area contributed by atoms with Crippen LogP contribution in [0.15, 0.2) is 36.4 Å². The lowest BCUT2D eigenvalue weighted by atomic mass is 10.1. The normalized spacial score (nSPS) is 9.77. The fourth-order valence-corrected chi connectivity index (χ4v) is 1.35. The van der Waals surface area contributed by atoms with E-state index in [4.69, 9.17) is 5.26 Å². The number of benzene rings is 2. The molecular weight excluding hydrogens is 162 g/mol. The van der Waals surface area contributed by atoms with E-state index < -0.39 is 0 Å². The Morgan fingerprint density at radius 2 is 1.85 bits per heavy atom. The minimum absolute atomic E-state index is 0.0700. The number of nitriles is 1. The number of nitrogens with zero attached hydrogens (tertiary/aromatic N) is 1.